The molecule has 2 N–H and O–H groups in total. The molecule has 1 saturated carbocycles. The Morgan fingerprint density at radius 2 is 1.93 bits per heavy atom. The second kappa shape index (κ2) is 11.6. The zero-order chi connectivity index (χ0) is 18.2. The van der Waals surface area contributed by atoms with E-state index in [9.17, 15) is 0 Å². The average Bonchev–Trinajstić information content (AvgIpc) is 3.11. The fourth-order valence-electron chi connectivity index (χ4n) is 4.27. The van der Waals surface area contributed by atoms with Gasteiger partial charge in [-0.3, -0.25) is 4.90 Å². The summed E-state index contributed by atoms with van der Waals surface area (Å²) in [5, 5.41) is 7.12. The van der Waals surface area contributed by atoms with Crippen LogP contribution in [0, 0.1) is 0 Å². The number of rotatable bonds is 6. The van der Waals surface area contributed by atoms with Crippen LogP contribution < -0.4 is 10.6 Å². The van der Waals surface area contributed by atoms with E-state index in [1.807, 2.05) is 0 Å². The van der Waals surface area contributed by atoms with Crippen molar-refractivity contribution in [1.29, 1.82) is 0 Å². The highest BCUT2D eigenvalue weighted by Crippen LogP contribution is 2.34. The lowest BCUT2D eigenvalue weighted by molar-refractivity contribution is 0.0626. The van der Waals surface area contributed by atoms with Crippen LogP contribution in [0.15, 0.2) is 23.5 Å². The molecule has 2 fully saturated rings. The molecule has 2 aliphatic rings. The van der Waals surface area contributed by atoms with Crippen molar-refractivity contribution in [2.45, 2.75) is 51.1 Å². The van der Waals surface area contributed by atoms with Crippen molar-refractivity contribution < 1.29 is 0 Å². The molecule has 0 amide bonds. The second-order valence-corrected chi connectivity index (χ2v) is 8.84. The van der Waals surface area contributed by atoms with Gasteiger partial charge in [0.15, 0.2) is 5.96 Å². The Hall–Kier alpha value is -0.410. The molecule has 154 valence electrons. The van der Waals surface area contributed by atoms with E-state index < -0.39 is 0 Å². The van der Waals surface area contributed by atoms with Crippen molar-refractivity contribution in [3.05, 3.63) is 24.0 Å². The number of guanidine groups is 1. The van der Waals surface area contributed by atoms with E-state index in [0.29, 0.717) is 5.54 Å². The molecule has 0 unspecified atom stereocenters. The highest BCUT2D eigenvalue weighted by molar-refractivity contribution is 14.0. The first-order valence-electron chi connectivity index (χ1n) is 10.2. The molecule has 1 aliphatic carbocycles. The average molecular weight is 506 g/mol. The van der Waals surface area contributed by atoms with Crippen LogP contribution in [0.2, 0.25) is 0 Å². The third-order valence-corrected chi connectivity index (χ3v) is 6.65. The number of halogens is 1. The maximum Gasteiger partial charge on any atom is 0.191 e. The Morgan fingerprint density at radius 1 is 1.19 bits per heavy atom. The summed E-state index contributed by atoms with van der Waals surface area (Å²) in [6.07, 6.45) is 11.0. The minimum atomic E-state index is 0. The van der Waals surface area contributed by atoms with Crippen molar-refractivity contribution in [1.82, 2.24) is 20.1 Å². The minimum Gasteiger partial charge on any atom is -0.357 e. The van der Waals surface area contributed by atoms with Gasteiger partial charge >= 0.3 is 0 Å². The van der Waals surface area contributed by atoms with Gasteiger partial charge in [0.1, 0.15) is 0 Å². The summed E-state index contributed by atoms with van der Waals surface area (Å²) < 4.78 is 2.08. The zero-order valence-electron chi connectivity index (χ0n) is 16.9. The molecule has 27 heavy (non-hydrogen) atoms. The summed E-state index contributed by atoms with van der Waals surface area (Å²) in [7, 11) is 2.06. The predicted octanol–water partition coefficient (Wildman–Crippen LogP) is 3.45. The molecule has 0 atom stereocenters. The smallest absolute Gasteiger partial charge is 0.191 e. The SMILES string of the molecule is CCNC(=NCc1ccn(C)c1)NCC1(N2CCSCC2)CCCCC1.I. The van der Waals surface area contributed by atoms with Crippen LogP contribution in [-0.2, 0) is 13.6 Å². The van der Waals surface area contributed by atoms with Gasteiger partial charge in [0.2, 0.25) is 0 Å². The minimum absolute atomic E-state index is 0. The molecule has 1 aromatic rings. The van der Waals surface area contributed by atoms with Crippen molar-refractivity contribution in [2.24, 2.45) is 12.0 Å². The van der Waals surface area contributed by atoms with Crippen LogP contribution in [0.5, 0.6) is 0 Å². The molecule has 1 aromatic heterocycles. The Kier molecular flexibility index (Phi) is 9.79. The van der Waals surface area contributed by atoms with Crippen LogP contribution >= 0.6 is 35.7 Å². The Balaban J connectivity index is 0.00000261. The lowest BCUT2D eigenvalue weighted by atomic mass is 9.80. The molecule has 0 bridgehead atoms. The van der Waals surface area contributed by atoms with Crippen LogP contribution in [0.25, 0.3) is 0 Å². The lowest BCUT2D eigenvalue weighted by Crippen LogP contribution is -2.59. The molecule has 1 aliphatic heterocycles. The molecule has 5 nitrogen and oxygen atoms in total. The topological polar surface area (TPSA) is 44.6 Å². The quantitative estimate of drug-likeness (QED) is 0.353. The standard InChI is InChI=1S/C20H35N5S.HI/c1-3-21-19(22-15-18-7-10-24(2)16-18)23-17-20(8-5-4-6-9-20)25-11-13-26-14-12-25;/h7,10,16H,3-6,8-9,11-15,17H2,1-2H3,(H2,21,22,23);1H. The van der Waals surface area contributed by atoms with Gasteiger partial charge in [0.05, 0.1) is 6.54 Å². The Morgan fingerprint density at radius 3 is 2.56 bits per heavy atom. The molecule has 0 aromatic carbocycles. The highest BCUT2D eigenvalue weighted by Gasteiger charge is 2.38. The van der Waals surface area contributed by atoms with Crippen LogP contribution in [0.4, 0.5) is 0 Å². The fraction of sp³-hybridized carbons (Fsp3) is 0.750. The number of nitrogens with one attached hydrogen (secondary N) is 2. The summed E-state index contributed by atoms with van der Waals surface area (Å²) in [6.45, 7) is 7.25. The van der Waals surface area contributed by atoms with E-state index in [1.165, 1.54) is 62.3 Å². The highest BCUT2D eigenvalue weighted by atomic mass is 127. The Bertz CT molecular complexity index is 577. The third-order valence-electron chi connectivity index (χ3n) is 5.71. The van der Waals surface area contributed by atoms with Crippen molar-refractivity contribution in [2.75, 3.05) is 37.7 Å². The van der Waals surface area contributed by atoms with Crippen LogP contribution in [0.1, 0.15) is 44.6 Å². The molecular formula is C20H36IN5S. The summed E-state index contributed by atoms with van der Waals surface area (Å²) >= 11 is 2.10. The monoisotopic (exact) mass is 505 g/mol. The van der Waals surface area contributed by atoms with Crippen molar-refractivity contribution in [3.63, 3.8) is 0 Å². The van der Waals surface area contributed by atoms with E-state index in [1.54, 1.807) is 0 Å². The predicted molar refractivity (Wildman–Crippen MR) is 128 cm³/mol. The van der Waals surface area contributed by atoms with Gasteiger partial charge in [0.25, 0.3) is 0 Å². The largest absolute Gasteiger partial charge is 0.357 e. The van der Waals surface area contributed by atoms with Gasteiger partial charge in [0, 0.05) is 62.7 Å². The molecule has 3 rings (SSSR count). The van der Waals surface area contributed by atoms with Gasteiger partial charge in [-0.15, -0.1) is 24.0 Å². The molecule has 7 heteroatoms. The normalized spacial score (nSPS) is 20.7. The number of aliphatic imine (C=N–C) groups is 1. The summed E-state index contributed by atoms with van der Waals surface area (Å²) in [4.78, 5) is 7.59. The first-order valence-corrected chi connectivity index (χ1v) is 11.3. The number of aromatic nitrogens is 1. The maximum atomic E-state index is 4.82. The molecule has 2 heterocycles. The van der Waals surface area contributed by atoms with E-state index >= 15 is 0 Å². The van der Waals surface area contributed by atoms with Gasteiger partial charge in [-0.05, 0) is 31.4 Å². The lowest BCUT2D eigenvalue weighted by Gasteiger charge is -2.48. The Labute approximate surface area is 186 Å². The van der Waals surface area contributed by atoms with Crippen molar-refractivity contribution in [3.8, 4) is 0 Å². The number of aryl methyl sites for hydroxylation is 1. The molecular weight excluding hydrogens is 469 g/mol. The number of hydrogen-bond acceptors (Lipinski definition) is 3. The van der Waals surface area contributed by atoms with Gasteiger partial charge < -0.3 is 15.2 Å². The summed E-state index contributed by atoms with van der Waals surface area (Å²) in [5.41, 5.74) is 1.58. The summed E-state index contributed by atoms with van der Waals surface area (Å²) in [5.74, 6) is 3.51. The molecule has 1 saturated heterocycles. The first-order chi connectivity index (χ1) is 12.7. The second-order valence-electron chi connectivity index (χ2n) is 7.62. The number of nitrogens with zero attached hydrogens (tertiary/aromatic N) is 3. The molecule has 0 spiro atoms. The van der Waals surface area contributed by atoms with E-state index in [-0.39, 0.29) is 24.0 Å². The zero-order valence-corrected chi connectivity index (χ0v) is 20.0. The van der Waals surface area contributed by atoms with E-state index in [0.717, 1.165) is 25.6 Å². The number of thioether (sulfide) groups is 1. The van der Waals surface area contributed by atoms with E-state index in [2.05, 4.69) is 64.3 Å². The number of hydrogen-bond donors (Lipinski definition) is 2. The van der Waals surface area contributed by atoms with Gasteiger partial charge in [-0.25, -0.2) is 4.99 Å². The summed E-state index contributed by atoms with van der Waals surface area (Å²) in [6, 6.07) is 2.14. The van der Waals surface area contributed by atoms with Crippen LogP contribution in [0.3, 0.4) is 0 Å². The third kappa shape index (κ3) is 6.56. The fourth-order valence-corrected chi connectivity index (χ4v) is 5.17. The molecule has 0 radical (unpaired) electrons. The maximum absolute atomic E-state index is 4.82. The van der Waals surface area contributed by atoms with Gasteiger partial charge in [-0.2, -0.15) is 11.8 Å². The van der Waals surface area contributed by atoms with Crippen molar-refractivity contribution >= 4 is 41.7 Å². The van der Waals surface area contributed by atoms with E-state index in [4.69, 9.17) is 4.99 Å². The van der Waals surface area contributed by atoms with Gasteiger partial charge in [-0.1, -0.05) is 19.3 Å². The van der Waals surface area contributed by atoms with Crippen LogP contribution in [-0.4, -0.2) is 58.7 Å². The first kappa shape index (κ1) is 22.9.